The molecule has 1 heterocycles. The van der Waals surface area contributed by atoms with Gasteiger partial charge >= 0.3 is 6.18 Å². The summed E-state index contributed by atoms with van der Waals surface area (Å²) in [6, 6.07) is 12.7. The molecule has 4 rings (SSSR count). The molecule has 0 fully saturated rings. The molecule has 0 saturated heterocycles. The molecule has 0 amide bonds. The van der Waals surface area contributed by atoms with E-state index >= 15 is 0 Å². The molecule has 0 aliphatic heterocycles. The van der Waals surface area contributed by atoms with Crippen LogP contribution in [-0.2, 0) is 22.6 Å². The Bertz CT molecular complexity index is 1760. The summed E-state index contributed by atoms with van der Waals surface area (Å²) in [6.07, 6.45) is -2.09. The summed E-state index contributed by atoms with van der Waals surface area (Å²) in [5.74, 6) is 5.50. The number of nitrogens with two attached hydrogens (primary N) is 2. The van der Waals surface area contributed by atoms with Crippen LogP contribution in [0.1, 0.15) is 16.8 Å². The number of rotatable bonds is 7. The molecule has 0 bridgehead atoms. The van der Waals surface area contributed by atoms with Crippen LogP contribution in [-0.4, -0.2) is 29.3 Å². The molecule has 0 unspecified atom stereocenters. The Hall–Kier alpha value is -3.62. The van der Waals surface area contributed by atoms with Gasteiger partial charge in [-0.25, -0.2) is 23.6 Å². The number of benzene rings is 3. The van der Waals surface area contributed by atoms with Crippen LogP contribution in [0, 0.1) is 5.82 Å². The molecule has 8 nitrogen and oxygen atoms in total. The molecule has 3 aromatic carbocycles. The van der Waals surface area contributed by atoms with E-state index in [0.717, 1.165) is 28.1 Å². The van der Waals surface area contributed by atoms with Gasteiger partial charge in [0.1, 0.15) is 5.82 Å². The molecule has 0 aliphatic carbocycles. The minimum absolute atomic E-state index is 0.0355. The van der Waals surface area contributed by atoms with Crippen LogP contribution in [0.2, 0.25) is 10.3 Å². The van der Waals surface area contributed by atoms with Crippen molar-refractivity contribution in [3.63, 3.8) is 0 Å². The van der Waals surface area contributed by atoms with E-state index in [1.165, 1.54) is 24.3 Å². The van der Waals surface area contributed by atoms with E-state index in [1.54, 1.807) is 24.3 Å². The second kappa shape index (κ2) is 11.3. The van der Waals surface area contributed by atoms with Gasteiger partial charge < -0.3 is 10.8 Å². The highest BCUT2D eigenvalue weighted by molar-refractivity contribution is 7.90. The zero-order chi connectivity index (χ0) is 30.3. The van der Waals surface area contributed by atoms with Gasteiger partial charge in [-0.2, -0.15) is 13.2 Å². The van der Waals surface area contributed by atoms with E-state index < -0.39 is 49.9 Å². The SMILES string of the molecule is CS(=O)(=O)c1cc(-c2ccc(-n3cc(C(F)(F)F)nc3Cl)c(N(N)/C(=C\N)c3ccc(Cl)cc3)c2)cc(F)c1CO. The average molecular weight is 630 g/mol. The number of aliphatic hydroxyl groups is 1. The second-order valence-electron chi connectivity index (χ2n) is 8.76. The van der Waals surface area contributed by atoms with Crippen molar-refractivity contribution in [2.45, 2.75) is 17.7 Å². The summed E-state index contributed by atoms with van der Waals surface area (Å²) in [5, 5.41) is 10.5. The summed E-state index contributed by atoms with van der Waals surface area (Å²) in [4.78, 5) is 2.96. The summed E-state index contributed by atoms with van der Waals surface area (Å²) in [5.41, 5.74) is 5.29. The Labute approximate surface area is 241 Å². The first-order chi connectivity index (χ1) is 19.1. The van der Waals surface area contributed by atoms with Crippen molar-refractivity contribution in [1.82, 2.24) is 9.55 Å². The first kappa shape index (κ1) is 30.3. The smallest absolute Gasteiger partial charge is 0.403 e. The maximum Gasteiger partial charge on any atom is 0.434 e. The normalized spacial score (nSPS) is 12.6. The molecule has 15 heteroatoms. The number of halogens is 6. The molecule has 0 aliphatic rings. The van der Waals surface area contributed by atoms with Gasteiger partial charge in [0.15, 0.2) is 15.5 Å². The Balaban J connectivity index is 1.97. The van der Waals surface area contributed by atoms with Crippen molar-refractivity contribution in [3.8, 4) is 16.8 Å². The fourth-order valence-electron chi connectivity index (χ4n) is 4.09. The molecule has 4 aromatic rings. The summed E-state index contributed by atoms with van der Waals surface area (Å²) in [6.45, 7) is -0.859. The van der Waals surface area contributed by atoms with Gasteiger partial charge in [0.2, 0.25) is 5.28 Å². The third-order valence-electron chi connectivity index (χ3n) is 6.05. The summed E-state index contributed by atoms with van der Waals surface area (Å²) < 4.78 is 80.7. The number of aromatic nitrogens is 2. The van der Waals surface area contributed by atoms with Crippen LogP contribution in [0.5, 0.6) is 0 Å². The lowest BCUT2D eigenvalue weighted by Gasteiger charge is -2.26. The van der Waals surface area contributed by atoms with E-state index in [0.29, 0.717) is 16.8 Å². The molecule has 0 atom stereocenters. The molecule has 1 aromatic heterocycles. The number of anilines is 1. The molecule has 41 heavy (non-hydrogen) atoms. The minimum Gasteiger partial charge on any atom is -0.403 e. The largest absolute Gasteiger partial charge is 0.434 e. The lowest BCUT2D eigenvalue weighted by molar-refractivity contribution is -0.140. The van der Waals surface area contributed by atoms with Gasteiger partial charge in [-0.15, -0.1) is 0 Å². The Morgan fingerprint density at radius 3 is 2.29 bits per heavy atom. The highest BCUT2D eigenvalue weighted by Gasteiger charge is 2.35. The number of hydrogen-bond acceptors (Lipinski definition) is 7. The van der Waals surface area contributed by atoms with Crippen LogP contribution in [0.3, 0.4) is 0 Å². The van der Waals surface area contributed by atoms with Crippen molar-refractivity contribution < 1.29 is 31.1 Å². The van der Waals surface area contributed by atoms with Gasteiger partial charge in [0.25, 0.3) is 0 Å². The van der Waals surface area contributed by atoms with Crippen molar-refractivity contribution in [3.05, 3.63) is 99.9 Å². The Morgan fingerprint density at radius 2 is 1.76 bits per heavy atom. The minimum atomic E-state index is -4.79. The fraction of sp³-hybridized carbons (Fsp3) is 0.115. The molecule has 5 N–H and O–H groups in total. The maximum atomic E-state index is 14.9. The van der Waals surface area contributed by atoms with E-state index in [2.05, 4.69) is 4.98 Å². The number of alkyl halides is 3. The van der Waals surface area contributed by atoms with Crippen LogP contribution in [0.4, 0.5) is 23.2 Å². The molecule has 0 radical (unpaired) electrons. The average Bonchev–Trinajstić information content (AvgIpc) is 3.30. The molecule has 216 valence electrons. The van der Waals surface area contributed by atoms with E-state index in [4.69, 9.17) is 34.8 Å². The van der Waals surface area contributed by atoms with Gasteiger partial charge in [-0.1, -0.05) is 29.8 Å². The number of imidazole rings is 1. The monoisotopic (exact) mass is 629 g/mol. The van der Waals surface area contributed by atoms with E-state index in [1.807, 2.05) is 0 Å². The van der Waals surface area contributed by atoms with Crippen LogP contribution < -0.4 is 16.6 Å². The van der Waals surface area contributed by atoms with Crippen molar-refractivity contribution >= 4 is 44.4 Å². The quantitative estimate of drug-likeness (QED) is 0.139. The zero-order valence-corrected chi connectivity index (χ0v) is 23.3. The first-order valence-corrected chi connectivity index (χ1v) is 14.1. The number of nitrogens with zero attached hydrogens (tertiary/aromatic N) is 3. The lowest BCUT2D eigenvalue weighted by atomic mass is 10.0. The van der Waals surface area contributed by atoms with Gasteiger partial charge in [0, 0.05) is 34.8 Å². The third kappa shape index (κ3) is 6.19. The maximum absolute atomic E-state index is 14.9. The zero-order valence-electron chi connectivity index (χ0n) is 21.0. The molecule has 0 saturated carbocycles. The molecular formula is C26H21Cl2F4N5O3S. The third-order valence-corrected chi connectivity index (χ3v) is 7.73. The number of aliphatic hydroxyl groups excluding tert-OH is 1. The summed E-state index contributed by atoms with van der Waals surface area (Å²) in [7, 11) is -3.96. The van der Waals surface area contributed by atoms with Crippen molar-refractivity contribution in [2.24, 2.45) is 11.6 Å². The molecule has 0 spiro atoms. The highest BCUT2D eigenvalue weighted by atomic mass is 35.5. The number of hydrazine groups is 1. The first-order valence-electron chi connectivity index (χ1n) is 11.5. The lowest BCUT2D eigenvalue weighted by Crippen LogP contribution is -2.31. The van der Waals surface area contributed by atoms with Crippen LogP contribution >= 0.6 is 23.2 Å². The topological polar surface area (TPSA) is 127 Å². The van der Waals surface area contributed by atoms with E-state index in [-0.39, 0.29) is 28.2 Å². The van der Waals surface area contributed by atoms with E-state index in [9.17, 15) is 31.1 Å². The fourth-order valence-corrected chi connectivity index (χ4v) is 5.40. The summed E-state index contributed by atoms with van der Waals surface area (Å²) >= 11 is 12.1. The molecular weight excluding hydrogens is 609 g/mol. The number of sulfone groups is 1. The van der Waals surface area contributed by atoms with Crippen LogP contribution in [0.25, 0.3) is 22.5 Å². The van der Waals surface area contributed by atoms with Crippen molar-refractivity contribution in [2.75, 3.05) is 11.3 Å². The van der Waals surface area contributed by atoms with Gasteiger partial charge in [-0.05, 0) is 59.1 Å². The second-order valence-corrected chi connectivity index (χ2v) is 11.5. The Kier molecular flexibility index (Phi) is 8.39. The number of hydrogen-bond donors (Lipinski definition) is 3. The predicted molar refractivity (Wildman–Crippen MR) is 148 cm³/mol. The van der Waals surface area contributed by atoms with Crippen LogP contribution in [0.15, 0.2) is 71.9 Å². The van der Waals surface area contributed by atoms with Gasteiger partial charge in [0.05, 0.1) is 28.6 Å². The Morgan fingerprint density at radius 1 is 1.10 bits per heavy atom. The van der Waals surface area contributed by atoms with Gasteiger partial charge in [-0.3, -0.25) is 9.58 Å². The standard InChI is InChI=1S/C26H21Cl2F4N5O3S/c1-41(39,40)23-10-16(8-19(29)18(23)13-38)15-4-7-20(36-12-24(26(30,31)32)35-25(36)28)21(9-15)37(34)22(11-33)14-2-5-17(27)6-3-14/h2-12,38H,13,33-34H2,1H3/b22-11-. The van der Waals surface area contributed by atoms with Crippen molar-refractivity contribution in [1.29, 1.82) is 0 Å². The predicted octanol–water partition coefficient (Wildman–Crippen LogP) is 5.54. The highest BCUT2D eigenvalue weighted by Crippen LogP contribution is 2.38.